The highest BCUT2D eigenvalue weighted by molar-refractivity contribution is 7.98. The lowest BCUT2D eigenvalue weighted by Crippen LogP contribution is -1.84. The van der Waals surface area contributed by atoms with E-state index in [1.54, 1.807) is 11.8 Å². The molecule has 0 saturated heterocycles. The Labute approximate surface area is 93.7 Å². The van der Waals surface area contributed by atoms with Crippen LogP contribution >= 0.6 is 11.8 Å². The maximum Gasteiger partial charge on any atom is 0.114 e. The number of thioether (sulfide) groups is 1. The average molecular weight is 225 g/mol. The summed E-state index contributed by atoms with van der Waals surface area (Å²) in [6.07, 6.45) is 1.87. The summed E-state index contributed by atoms with van der Waals surface area (Å²) in [6, 6.07) is 4.05. The molecular weight excluding hydrogens is 210 g/mol. The molecule has 1 aromatic heterocycles. The molecule has 0 fully saturated rings. The maximum absolute atomic E-state index is 8.07. The lowest BCUT2D eigenvalue weighted by atomic mass is 10.4. The summed E-state index contributed by atoms with van der Waals surface area (Å²) >= 11 is 1.80. The van der Waals surface area contributed by atoms with Crippen LogP contribution in [0.25, 0.3) is 10.4 Å². The molecule has 0 unspecified atom stereocenters. The molecule has 82 valence electrons. The Morgan fingerprint density at radius 2 is 2.27 bits per heavy atom. The van der Waals surface area contributed by atoms with Crippen LogP contribution in [0.4, 0.5) is 0 Å². The van der Waals surface area contributed by atoms with Crippen LogP contribution in [0, 0.1) is 0 Å². The van der Waals surface area contributed by atoms with Crippen LogP contribution in [0.2, 0.25) is 0 Å². The molecule has 1 rings (SSSR count). The van der Waals surface area contributed by atoms with Gasteiger partial charge in [0.1, 0.15) is 11.5 Å². The third-order valence-corrected chi connectivity index (χ3v) is 2.99. The first-order valence-corrected chi connectivity index (χ1v) is 6.18. The highest BCUT2D eigenvalue weighted by Crippen LogP contribution is 2.16. The SMILES string of the molecule is CCc1ccc(CSCCCN=[N+]=[N-])o1. The zero-order chi connectivity index (χ0) is 10.9. The van der Waals surface area contributed by atoms with Crippen LogP contribution in [0.5, 0.6) is 0 Å². The lowest BCUT2D eigenvalue weighted by Gasteiger charge is -1.96. The number of aryl methyl sites for hydroxylation is 1. The Morgan fingerprint density at radius 1 is 1.47 bits per heavy atom. The van der Waals surface area contributed by atoms with Gasteiger partial charge in [-0.3, -0.25) is 0 Å². The predicted octanol–water partition coefficient (Wildman–Crippen LogP) is 3.78. The molecule has 0 aliphatic carbocycles. The number of rotatable bonds is 7. The molecule has 0 N–H and O–H groups in total. The van der Waals surface area contributed by atoms with E-state index < -0.39 is 0 Å². The molecule has 0 bridgehead atoms. The zero-order valence-corrected chi connectivity index (χ0v) is 9.66. The number of azide groups is 1. The van der Waals surface area contributed by atoms with E-state index in [1.165, 1.54) is 0 Å². The molecule has 0 spiro atoms. The van der Waals surface area contributed by atoms with E-state index in [-0.39, 0.29) is 0 Å². The molecule has 4 nitrogen and oxygen atoms in total. The Kier molecular flexibility index (Phi) is 5.81. The largest absolute Gasteiger partial charge is 0.465 e. The van der Waals surface area contributed by atoms with Crippen LogP contribution in [-0.2, 0) is 12.2 Å². The fourth-order valence-electron chi connectivity index (χ4n) is 1.14. The fourth-order valence-corrected chi connectivity index (χ4v) is 1.98. The molecular formula is C10H15N3OS. The maximum atomic E-state index is 8.07. The highest BCUT2D eigenvalue weighted by atomic mass is 32.2. The molecule has 0 aromatic carbocycles. The number of furan rings is 1. The first-order chi connectivity index (χ1) is 7.36. The Bertz CT molecular complexity index is 331. The van der Waals surface area contributed by atoms with E-state index in [0.29, 0.717) is 6.54 Å². The summed E-state index contributed by atoms with van der Waals surface area (Å²) in [6.45, 7) is 2.66. The predicted molar refractivity (Wildman–Crippen MR) is 62.9 cm³/mol. The van der Waals surface area contributed by atoms with Gasteiger partial charge >= 0.3 is 0 Å². The quantitative estimate of drug-likeness (QED) is 0.307. The molecule has 15 heavy (non-hydrogen) atoms. The molecule has 0 radical (unpaired) electrons. The van der Waals surface area contributed by atoms with Crippen molar-refractivity contribution in [2.45, 2.75) is 25.5 Å². The van der Waals surface area contributed by atoms with Crippen LogP contribution in [-0.4, -0.2) is 12.3 Å². The highest BCUT2D eigenvalue weighted by Gasteiger charge is 1.99. The van der Waals surface area contributed by atoms with Crippen LogP contribution < -0.4 is 0 Å². The van der Waals surface area contributed by atoms with Gasteiger partial charge in [0.15, 0.2) is 0 Å². The molecule has 1 aromatic rings. The molecule has 5 heteroatoms. The van der Waals surface area contributed by atoms with E-state index in [4.69, 9.17) is 9.95 Å². The smallest absolute Gasteiger partial charge is 0.114 e. The summed E-state index contributed by atoms with van der Waals surface area (Å²) in [4.78, 5) is 2.70. The summed E-state index contributed by atoms with van der Waals surface area (Å²) < 4.78 is 5.56. The minimum atomic E-state index is 0.585. The third kappa shape index (κ3) is 4.81. The minimum absolute atomic E-state index is 0.585. The van der Waals surface area contributed by atoms with Crippen molar-refractivity contribution < 1.29 is 4.42 Å². The second kappa shape index (κ2) is 7.26. The first kappa shape index (κ1) is 12.0. The minimum Gasteiger partial charge on any atom is -0.465 e. The third-order valence-electron chi connectivity index (χ3n) is 1.92. The van der Waals surface area contributed by atoms with Gasteiger partial charge in [0.05, 0.1) is 5.75 Å². The first-order valence-electron chi connectivity index (χ1n) is 5.03. The van der Waals surface area contributed by atoms with Crippen molar-refractivity contribution >= 4 is 11.8 Å². The average Bonchev–Trinajstić information content (AvgIpc) is 2.71. The normalized spacial score (nSPS) is 9.93. The van der Waals surface area contributed by atoms with Crippen molar-refractivity contribution in [3.05, 3.63) is 34.1 Å². The molecule has 0 saturated carbocycles. The van der Waals surface area contributed by atoms with E-state index in [1.807, 2.05) is 12.1 Å². The van der Waals surface area contributed by atoms with E-state index in [0.717, 1.165) is 35.9 Å². The molecule has 0 atom stereocenters. The number of hydrogen-bond acceptors (Lipinski definition) is 3. The van der Waals surface area contributed by atoms with Crippen molar-refractivity contribution in [3.8, 4) is 0 Å². The summed E-state index contributed by atoms with van der Waals surface area (Å²) in [7, 11) is 0. The van der Waals surface area contributed by atoms with Gasteiger partial charge in [-0.05, 0) is 29.8 Å². The monoisotopic (exact) mass is 225 g/mol. The molecule has 0 aliphatic rings. The summed E-state index contributed by atoms with van der Waals surface area (Å²) in [5.74, 6) is 3.97. The lowest BCUT2D eigenvalue weighted by molar-refractivity contribution is 0.485. The molecule has 0 aliphatic heterocycles. The second-order valence-corrected chi connectivity index (χ2v) is 4.19. The van der Waals surface area contributed by atoms with Gasteiger partial charge < -0.3 is 4.42 Å². The van der Waals surface area contributed by atoms with Gasteiger partial charge in [-0.1, -0.05) is 12.0 Å². The Balaban J connectivity index is 2.11. The van der Waals surface area contributed by atoms with Crippen molar-refractivity contribution in [2.75, 3.05) is 12.3 Å². The van der Waals surface area contributed by atoms with Gasteiger partial charge in [0.2, 0.25) is 0 Å². The van der Waals surface area contributed by atoms with Crippen LogP contribution in [0.3, 0.4) is 0 Å². The van der Waals surface area contributed by atoms with Gasteiger partial charge in [0.25, 0.3) is 0 Å². The van der Waals surface area contributed by atoms with Crippen LogP contribution in [0.1, 0.15) is 24.9 Å². The molecule has 1 heterocycles. The van der Waals surface area contributed by atoms with Gasteiger partial charge in [0, 0.05) is 17.9 Å². The summed E-state index contributed by atoms with van der Waals surface area (Å²) in [5.41, 5.74) is 8.07. The van der Waals surface area contributed by atoms with Gasteiger partial charge in [-0.25, -0.2) is 0 Å². The fraction of sp³-hybridized carbons (Fsp3) is 0.600. The number of hydrogen-bond donors (Lipinski definition) is 0. The standard InChI is InChI=1S/C10H15N3OS/c1-2-9-4-5-10(14-9)8-15-7-3-6-12-13-11/h4-5H,2-3,6-8H2,1H3. The van der Waals surface area contributed by atoms with Crippen molar-refractivity contribution in [1.82, 2.24) is 0 Å². The van der Waals surface area contributed by atoms with E-state index >= 15 is 0 Å². The van der Waals surface area contributed by atoms with E-state index in [9.17, 15) is 0 Å². The zero-order valence-electron chi connectivity index (χ0n) is 8.85. The summed E-state index contributed by atoms with van der Waals surface area (Å²) in [5, 5.41) is 3.48. The van der Waals surface area contributed by atoms with Crippen molar-refractivity contribution in [1.29, 1.82) is 0 Å². The molecule has 0 amide bonds. The van der Waals surface area contributed by atoms with E-state index in [2.05, 4.69) is 16.9 Å². The van der Waals surface area contributed by atoms with Crippen molar-refractivity contribution in [2.24, 2.45) is 5.11 Å². The van der Waals surface area contributed by atoms with Gasteiger partial charge in [-0.2, -0.15) is 11.8 Å². The number of nitrogens with zero attached hydrogens (tertiary/aromatic N) is 3. The Morgan fingerprint density at radius 3 is 2.93 bits per heavy atom. The van der Waals surface area contributed by atoms with Crippen molar-refractivity contribution in [3.63, 3.8) is 0 Å². The van der Waals surface area contributed by atoms with Gasteiger partial charge in [-0.15, -0.1) is 0 Å². The topological polar surface area (TPSA) is 61.9 Å². The Hall–Kier alpha value is -1.06. The van der Waals surface area contributed by atoms with Crippen LogP contribution in [0.15, 0.2) is 21.7 Å². The second-order valence-electron chi connectivity index (χ2n) is 3.08.